The first-order valence-electron chi connectivity index (χ1n) is 3.40. The quantitative estimate of drug-likeness (QED) is 0.557. The van der Waals surface area contributed by atoms with Gasteiger partial charge in [-0.05, 0) is 25.5 Å². The molecule has 0 radical (unpaired) electrons. The molecule has 9 heavy (non-hydrogen) atoms. The van der Waals surface area contributed by atoms with Crippen LogP contribution in [0.25, 0.3) is 0 Å². The van der Waals surface area contributed by atoms with Crippen LogP contribution in [0.3, 0.4) is 0 Å². The first-order chi connectivity index (χ1) is 4.34. The molecule has 1 nitrogen and oxygen atoms in total. The number of nitrogens with one attached hydrogen (secondary N) is 1. The van der Waals surface area contributed by atoms with Crippen molar-refractivity contribution in [3.8, 4) is 0 Å². The minimum Gasteiger partial charge on any atom is -0.310 e. The molecule has 1 aliphatic heterocycles. The predicted octanol–water partition coefficient (Wildman–Crippen LogP) is 1.48. The highest BCUT2D eigenvalue weighted by atomic mass is 14.9. The van der Waals surface area contributed by atoms with Crippen LogP contribution < -0.4 is 5.32 Å². The second kappa shape index (κ2) is 2.83. The molecule has 0 aliphatic carbocycles. The van der Waals surface area contributed by atoms with E-state index in [1.54, 1.807) is 0 Å². The zero-order valence-corrected chi connectivity index (χ0v) is 5.85. The molecular weight excluding hydrogens is 110 g/mol. The van der Waals surface area contributed by atoms with Crippen LogP contribution in [0.15, 0.2) is 24.3 Å². The highest BCUT2D eigenvalue weighted by Crippen LogP contribution is 2.08. The van der Waals surface area contributed by atoms with Gasteiger partial charge in [-0.3, -0.25) is 0 Å². The first-order valence-corrected chi connectivity index (χ1v) is 3.40. The zero-order chi connectivity index (χ0) is 6.69. The van der Waals surface area contributed by atoms with Gasteiger partial charge in [-0.2, -0.15) is 0 Å². The number of hydrogen-bond acceptors (Lipinski definition) is 1. The van der Waals surface area contributed by atoms with Crippen molar-refractivity contribution in [3.63, 3.8) is 0 Å². The van der Waals surface area contributed by atoms with Crippen LogP contribution in [-0.4, -0.2) is 12.6 Å². The summed E-state index contributed by atoms with van der Waals surface area (Å²) in [4.78, 5) is 0. The molecule has 0 saturated carbocycles. The van der Waals surface area contributed by atoms with Crippen LogP contribution in [0.1, 0.15) is 13.3 Å². The summed E-state index contributed by atoms with van der Waals surface area (Å²) in [5.41, 5.74) is 1.33. The van der Waals surface area contributed by atoms with E-state index in [0.717, 1.165) is 13.0 Å². The van der Waals surface area contributed by atoms with Crippen molar-refractivity contribution in [2.45, 2.75) is 19.4 Å². The van der Waals surface area contributed by atoms with E-state index in [9.17, 15) is 0 Å². The van der Waals surface area contributed by atoms with Gasteiger partial charge >= 0.3 is 0 Å². The van der Waals surface area contributed by atoms with Gasteiger partial charge in [0.25, 0.3) is 0 Å². The lowest BCUT2D eigenvalue weighted by Gasteiger charge is -2.18. The summed E-state index contributed by atoms with van der Waals surface area (Å²) in [5, 5.41) is 3.34. The van der Waals surface area contributed by atoms with Gasteiger partial charge in [-0.25, -0.2) is 0 Å². The normalized spacial score (nSPS) is 27.2. The third-order valence-corrected chi connectivity index (χ3v) is 1.71. The Morgan fingerprint density at radius 3 is 3.11 bits per heavy atom. The van der Waals surface area contributed by atoms with E-state index < -0.39 is 0 Å². The van der Waals surface area contributed by atoms with E-state index >= 15 is 0 Å². The Bertz CT molecular complexity index is 136. The lowest BCUT2D eigenvalue weighted by atomic mass is 10.0. The molecule has 0 saturated heterocycles. The minimum absolute atomic E-state index is 0.510. The third-order valence-electron chi connectivity index (χ3n) is 1.71. The second-order valence-electron chi connectivity index (χ2n) is 2.37. The number of hydrogen-bond donors (Lipinski definition) is 1. The van der Waals surface area contributed by atoms with Gasteiger partial charge in [0.2, 0.25) is 0 Å². The summed E-state index contributed by atoms with van der Waals surface area (Å²) in [6, 6.07) is 0.510. The molecule has 0 aromatic heterocycles. The molecule has 0 fully saturated rings. The van der Waals surface area contributed by atoms with Crippen molar-refractivity contribution in [2.75, 3.05) is 6.54 Å². The SMILES string of the molecule is C=CC1=CCCNC1C. The van der Waals surface area contributed by atoms with E-state index in [0.29, 0.717) is 6.04 Å². The van der Waals surface area contributed by atoms with Crippen molar-refractivity contribution in [2.24, 2.45) is 0 Å². The Morgan fingerprint density at radius 2 is 2.67 bits per heavy atom. The Hall–Kier alpha value is -0.560. The Balaban J connectivity index is 2.63. The molecule has 1 rings (SSSR count). The van der Waals surface area contributed by atoms with Crippen LogP contribution in [0.2, 0.25) is 0 Å². The monoisotopic (exact) mass is 123 g/mol. The van der Waals surface area contributed by atoms with Crippen molar-refractivity contribution in [3.05, 3.63) is 24.3 Å². The van der Waals surface area contributed by atoms with Gasteiger partial charge in [0.1, 0.15) is 0 Å². The molecule has 1 aliphatic rings. The lowest BCUT2D eigenvalue weighted by molar-refractivity contribution is 0.594. The summed E-state index contributed by atoms with van der Waals surface area (Å²) < 4.78 is 0. The predicted molar refractivity (Wildman–Crippen MR) is 40.4 cm³/mol. The summed E-state index contributed by atoms with van der Waals surface area (Å²) in [7, 11) is 0. The number of rotatable bonds is 1. The molecule has 0 aromatic rings. The Kier molecular flexibility index (Phi) is 2.06. The average molecular weight is 123 g/mol. The summed E-state index contributed by atoms with van der Waals surface area (Å²) in [5.74, 6) is 0. The summed E-state index contributed by atoms with van der Waals surface area (Å²) >= 11 is 0. The smallest absolute Gasteiger partial charge is 0.0288 e. The highest BCUT2D eigenvalue weighted by Gasteiger charge is 2.06. The second-order valence-corrected chi connectivity index (χ2v) is 2.37. The highest BCUT2D eigenvalue weighted by molar-refractivity contribution is 5.23. The van der Waals surface area contributed by atoms with E-state index in [-0.39, 0.29) is 0 Å². The zero-order valence-electron chi connectivity index (χ0n) is 5.85. The van der Waals surface area contributed by atoms with Gasteiger partial charge in [0.05, 0.1) is 0 Å². The maximum Gasteiger partial charge on any atom is 0.0288 e. The standard InChI is InChI=1S/C8H13N/c1-3-8-5-4-6-9-7(8)2/h3,5,7,9H,1,4,6H2,2H3. The van der Waals surface area contributed by atoms with E-state index in [4.69, 9.17) is 0 Å². The molecule has 50 valence electrons. The molecule has 0 bridgehead atoms. The Morgan fingerprint density at radius 1 is 1.89 bits per heavy atom. The first kappa shape index (κ1) is 6.56. The fraction of sp³-hybridized carbons (Fsp3) is 0.500. The summed E-state index contributed by atoms with van der Waals surface area (Å²) in [6.45, 7) is 7.00. The van der Waals surface area contributed by atoms with Crippen LogP contribution in [0, 0.1) is 0 Å². The van der Waals surface area contributed by atoms with Crippen LogP contribution in [0.4, 0.5) is 0 Å². The van der Waals surface area contributed by atoms with Gasteiger partial charge in [-0.15, -0.1) is 0 Å². The third kappa shape index (κ3) is 1.42. The molecule has 1 N–H and O–H groups in total. The van der Waals surface area contributed by atoms with Crippen LogP contribution in [-0.2, 0) is 0 Å². The van der Waals surface area contributed by atoms with Crippen molar-refractivity contribution >= 4 is 0 Å². The Labute approximate surface area is 56.5 Å². The largest absolute Gasteiger partial charge is 0.310 e. The topological polar surface area (TPSA) is 12.0 Å². The van der Waals surface area contributed by atoms with Crippen molar-refractivity contribution < 1.29 is 0 Å². The molecule has 0 aromatic carbocycles. The van der Waals surface area contributed by atoms with Gasteiger partial charge in [-0.1, -0.05) is 18.7 Å². The summed E-state index contributed by atoms with van der Waals surface area (Å²) in [6.07, 6.45) is 5.32. The van der Waals surface area contributed by atoms with Crippen molar-refractivity contribution in [1.29, 1.82) is 0 Å². The molecule has 0 amide bonds. The fourth-order valence-corrected chi connectivity index (χ4v) is 1.09. The molecule has 1 unspecified atom stereocenters. The van der Waals surface area contributed by atoms with Crippen LogP contribution in [0.5, 0.6) is 0 Å². The van der Waals surface area contributed by atoms with Gasteiger partial charge in [0.15, 0.2) is 0 Å². The van der Waals surface area contributed by atoms with Crippen molar-refractivity contribution in [1.82, 2.24) is 5.32 Å². The molecule has 1 atom stereocenters. The van der Waals surface area contributed by atoms with Crippen LogP contribution >= 0.6 is 0 Å². The van der Waals surface area contributed by atoms with Gasteiger partial charge < -0.3 is 5.32 Å². The maximum atomic E-state index is 3.73. The minimum atomic E-state index is 0.510. The maximum absolute atomic E-state index is 3.73. The lowest BCUT2D eigenvalue weighted by Crippen LogP contribution is -2.31. The van der Waals surface area contributed by atoms with E-state index in [2.05, 4.69) is 24.9 Å². The van der Waals surface area contributed by atoms with Gasteiger partial charge in [0, 0.05) is 6.04 Å². The molecular formula is C8H13N. The molecule has 1 heterocycles. The van der Waals surface area contributed by atoms with E-state index in [1.807, 2.05) is 6.08 Å². The molecule has 1 heteroatoms. The molecule has 0 spiro atoms. The average Bonchev–Trinajstić information content (AvgIpc) is 1.89. The fourth-order valence-electron chi connectivity index (χ4n) is 1.09. The van der Waals surface area contributed by atoms with E-state index in [1.165, 1.54) is 5.57 Å².